The van der Waals surface area contributed by atoms with Crippen molar-refractivity contribution in [2.75, 3.05) is 117 Å². The highest BCUT2D eigenvalue weighted by Crippen LogP contribution is 2.31. The number of non-ortho nitro benzene ring substituents is 3. The molecule has 0 atom stereocenters. The summed E-state index contributed by atoms with van der Waals surface area (Å²) in [7, 11) is -7.48. The number of hydrogen-bond donors (Lipinski definition) is 5. The predicted octanol–water partition coefficient (Wildman–Crippen LogP) is 10.1. The van der Waals surface area contributed by atoms with Crippen LogP contribution in [0.1, 0.15) is 7.43 Å². The van der Waals surface area contributed by atoms with Gasteiger partial charge in [0.1, 0.15) is 54.3 Å². The van der Waals surface area contributed by atoms with Crippen LogP contribution in [0.3, 0.4) is 0 Å². The highest BCUT2D eigenvalue weighted by molar-refractivity contribution is 7.98. The second-order valence-electron chi connectivity index (χ2n) is 18.2. The van der Waals surface area contributed by atoms with Gasteiger partial charge in [0.25, 0.3) is 22.9 Å². The molecule has 0 aliphatic carbocycles. The number of rotatable bonds is 26. The summed E-state index contributed by atoms with van der Waals surface area (Å²) in [6.45, 7) is 4.70. The summed E-state index contributed by atoms with van der Waals surface area (Å²) in [6.07, 6.45) is 10.0. The highest BCUT2D eigenvalue weighted by atomic mass is 35.5. The number of hydrogen-bond acceptors (Lipinski definition) is 27. The minimum absolute atomic E-state index is 0. The largest absolute Gasteiger partial charge is 0.508 e. The van der Waals surface area contributed by atoms with Gasteiger partial charge in [0, 0.05) is 89.8 Å². The number of phenols is 1. The van der Waals surface area contributed by atoms with Crippen molar-refractivity contribution in [3.63, 3.8) is 0 Å². The van der Waals surface area contributed by atoms with E-state index in [1.54, 1.807) is 108 Å². The second-order valence-corrected chi connectivity index (χ2v) is 27.3. The molecule has 7 rings (SSSR count). The number of thioether (sulfide) groups is 2. The van der Waals surface area contributed by atoms with E-state index < -0.39 is 44.3 Å². The molecule has 1 heterocycles. The number of nitrogen functional groups attached to an aromatic ring is 2. The zero-order valence-corrected chi connectivity index (χ0v) is 56.6. The fraction of sp³-hybridized carbons (Fsp3) is 0.283. The van der Waals surface area contributed by atoms with Crippen LogP contribution in [0.5, 0.6) is 46.1 Å². The van der Waals surface area contributed by atoms with Crippen molar-refractivity contribution in [1.82, 2.24) is 9.97 Å². The van der Waals surface area contributed by atoms with Gasteiger partial charge in [-0.2, -0.15) is 28.5 Å². The number of anilines is 3. The smallest absolute Gasteiger partial charge is 0.269 e. The number of benzene rings is 6. The minimum atomic E-state index is -3.05. The van der Waals surface area contributed by atoms with E-state index in [2.05, 4.69) is 21.9 Å². The normalized spacial score (nSPS) is 10.2. The van der Waals surface area contributed by atoms with Gasteiger partial charge in [0.05, 0.1) is 58.5 Å². The van der Waals surface area contributed by atoms with E-state index in [9.17, 15) is 60.4 Å². The first-order valence-electron chi connectivity index (χ1n) is 26.8. The third kappa shape index (κ3) is 43.4. The Balaban J connectivity index is 0.00000111. The van der Waals surface area contributed by atoms with Gasteiger partial charge in [-0.05, 0) is 127 Å². The summed E-state index contributed by atoms with van der Waals surface area (Å²) < 4.78 is 96.2. The van der Waals surface area contributed by atoms with Crippen molar-refractivity contribution < 1.29 is 83.5 Å². The first-order chi connectivity index (χ1) is 44.3. The SMILES string of the molecule is C.C=CC(=O)Nc1cccc(Oc2nc(Cl)ncc2OC)c1.CS(=O)(=O)CCOc1ccc(N)cc1.CS(=O)(=O)CCOc1ccc(N)cc1.CS(=O)(=O)CCOc1ccc([N+](=O)[O-])cc1.CSCCO.CSCCOc1ccc([N+](=O)[O-])cc1.O=[N+]([O-])c1ccc(O)cc1. The van der Waals surface area contributed by atoms with E-state index in [1.807, 2.05) is 12.5 Å². The molecule has 0 saturated carbocycles. The Kier molecular flexibility index (Phi) is 42.3. The van der Waals surface area contributed by atoms with Crippen LogP contribution in [-0.2, 0) is 34.3 Å². The summed E-state index contributed by atoms with van der Waals surface area (Å²) in [4.78, 5) is 48.3. The van der Waals surface area contributed by atoms with Crippen molar-refractivity contribution >= 4 is 105 Å². The number of nitrogens with one attached hydrogen (secondary N) is 1. The zero-order valence-electron chi connectivity index (χ0n) is 51.8. The summed E-state index contributed by atoms with van der Waals surface area (Å²) >= 11 is 9.08. The summed E-state index contributed by atoms with van der Waals surface area (Å²) in [5, 5.41) is 50.1. The topological polar surface area (TPSA) is 435 Å². The van der Waals surface area contributed by atoms with Gasteiger partial charge in [0.15, 0.2) is 35.3 Å². The number of methoxy groups -OCH3 is 1. The molecule has 1 amide bonds. The molecule has 0 unspecified atom stereocenters. The van der Waals surface area contributed by atoms with Crippen molar-refractivity contribution in [3.05, 3.63) is 200 Å². The lowest BCUT2D eigenvalue weighted by atomic mass is 10.3. The van der Waals surface area contributed by atoms with Gasteiger partial charge >= 0.3 is 0 Å². The highest BCUT2D eigenvalue weighted by Gasteiger charge is 2.12. The van der Waals surface area contributed by atoms with Crippen LogP contribution in [-0.4, -0.2) is 166 Å². The molecule has 0 aliphatic heterocycles. The van der Waals surface area contributed by atoms with E-state index in [-0.39, 0.29) is 84.4 Å². The molecule has 29 nitrogen and oxygen atoms in total. The average molecular weight is 1440 g/mol. The molecule has 7 aromatic rings. The van der Waals surface area contributed by atoms with Crippen LogP contribution in [0.15, 0.2) is 164 Å². The molecular formula is C60H77ClN8O21S5. The molecule has 0 radical (unpaired) electrons. The van der Waals surface area contributed by atoms with Crippen molar-refractivity contribution in [2.24, 2.45) is 0 Å². The number of aliphatic hydroxyl groups is 1. The molecular weight excluding hydrogens is 1360 g/mol. The van der Waals surface area contributed by atoms with Gasteiger partial charge in [-0.1, -0.05) is 20.1 Å². The van der Waals surface area contributed by atoms with Crippen molar-refractivity contribution in [3.8, 4) is 46.1 Å². The van der Waals surface area contributed by atoms with Crippen LogP contribution in [0, 0.1) is 30.3 Å². The maximum Gasteiger partial charge on any atom is 0.269 e. The van der Waals surface area contributed by atoms with E-state index >= 15 is 0 Å². The number of nitrogens with zero attached hydrogens (tertiary/aromatic N) is 5. The number of ether oxygens (including phenoxy) is 6. The molecule has 0 bridgehead atoms. The molecule has 7 N–H and O–H groups in total. The second kappa shape index (κ2) is 46.8. The van der Waals surface area contributed by atoms with Gasteiger partial charge in [-0.25, -0.2) is 30.2 Å². The van der Waals surface area contributed by atoms with Crippen LogP contribution >= 0.6 is 35.1 Å². The minimum Gasteiger partial charge on any atom is -0.508 e. The Morgan fingerprint density at radius 1 is 0.611 bits per heavy atom. The lowest BCUT2D eigenvalue weighted by Crippen LogP contribution is -2.11. The van der Waals surface area contributed by atoms with Crippen LogP contribution in [0.4, 0.5) is 34.1 Å². The number of halogens is 1. The first-order valence-corrected chi connectivity index (χ1v) is 36.2. The number of nitro groups is 3. The Bertz CT molecular complexity index is 3680. The Morgan fingerprint density at radius 3 is 1.31 bits per heavy atom. The fourth-order valence-electron chi connectivity index (χ4n) is 5.79. The third-order valence-electron chi connectivity index (χ3n) is 10.4. The molecule has 0 saturated heterocycles. The van der Waals surface area contributed by atoms with Gasteiger partial charge in [0.2, 0.25) is 11.2 Å². The fourth-order valence-corrected chi connectivity index (χ4v) is 7.50. The number of nitrogens with two attached hydrogens (primary N) is 2. The number of sulfone groups is 3. The van der Waals surface area contributed by atoms with Gasteiger partial charge in [-0.3, -0.25) is 35.1 Å². The summed E-state index contributed by atoms with van der Waals surface area (Å²) in [6, 6.07) is 37.0. The Labute approximate surface area is 565 Å². The molecule has 35 heteroatoms. The number of nitro benzene ring substituents is 3. The van der Waals surface area contributed by atoms with Crippen molar-refractivity contribution in [1.29, 1.82) is 0 Å². The monoisotopic (exact) mass is 1440 g/mol. The zero-order chi connectivity index (χ0) is 70.7. The summed E-state index contributed by atoms with van der Waals surface area (Å²) in [5.41, 5.74) is 12.9. The van der Waals surface area contributed by atoms with Gasteiger partial charge in [-0.15, -0.1) is 0 Å². The Morgan fingerprint density at radius 2 is 0.979 bits per heavy atom. The van der Waals surface area contributed by atoms with Crippen LogP contribution in [0.2, 0.25) is 5.28 Å². The van der Waals surface area contributed by atoms with Gasteiger partial charge < -0.3 is 55.4 Å². The third-order valence-corrected chi connectivity index (χ3v) is 14.4. The molecule has 520 valence electrons. The lowest BCUT2D eigenvalue weighted by Gasteiger charge is -2.10. The van der Waals surface area contributed by atoms with E-state index in [0.29, 0.717) is 64.8 Å². The summed E-state index contributed by atoms with van der Waals surface area (Å²) in [5.74, 6) is 4.80. The molecule has 0 spiro atoms. The molecule has 6 aromatic carbocycles. The average Bonchev–Trinajstić information content (AvgIpc) is 0.983. The van der Waals surface area contributed by atoms with Crippen LogP contribution in [0.25, 0.3) is 0 Å². The standard InChI is InChI=1S/C14H12ClN3O3.C9H11NO5S.2C9H13NO3S.C9H11NO3S.C6H5NO3.C3H8OS.CH4/c1-3-12(19)17-9-5-4-6-10(7-9)21-13-11(20-2)8-16-14(15)18-13;1-16(13,14)7-6-15-9-4-2-8(3-5-9)10(11)12;2*1-14(11,12)7-6-13-9-4-2-8(10)3-5-9;1-14-7-6-13-9-4-2-8(3-5-9)10(11)12;8-6-3-1-5(2-4-6)7(9)10;1-5-3-2-4;/h3-8H,1H2,2H3,(H,17,19);2-5H,6-7H2,1H3;2*2-5H,6-7,10H2,1H3;2-5H,6-7H2,1H3;1-4,8H;4H,2-3H2,1H3;1H4. The Hall–Kier alpha value is -9.19. The quantitative estimate of drug-likeness (QED) is 0.00840. The van der Waals surface area contributed by atoms with Crippen molar-refractivity contribution in [2.45, 2.75) is 7.43 Å². The number of amides is 1. The van der Waals surface area contributed by atoms with E-state index in [0.717, 1.165) is 17.8 Å². The van der Waals surface area contributed by atoms with E-state index in [1.165, 1.54) is 92.6 Å². The molecule has 0 fully saturated rings. The number of carbonyl (C=O) groups excluding carboxylic acids is 1. The predicted molar refractivity (Wildman–Crippen MR) is 373 cm³/mol. The van der Waals surface area contributed by atoms with Crippen LogP contribution < -0.4 is 45.2 Å². The number of carbonyl (C=O) groups is 1. The number of aromatic nitrogens is 2. The number of aromatic hydroxyl groups is 1. The molecule has 0 aliphatic rings. The number of phenolic OH excluding ortho intramolecular Hbond substituents is 1. The lowest BCUT2D eigenvalue weighted by molar-refractivity contribution is -0.385. The van der Waals surface area contributed by atoms with E-state index in [4.69, 9.17) is 61.7 Å². The maximum atomic E-state index is 11.3. The molecule has 95 heavy (non-hydrogen) atoms. The maximum absolute atomic E-state index is 11.3. The first kappa shape index (κ1) is 85.8. The number of aliphatic hydroxyl groups excluding tert-OH is 1. The molecule has 1 aromatic heterocycles.